The van der Waals surface area contributed by atoms with Crippen LogP contribution in [0, 0.1) is 12.7 Å². The first kappa shape index (κ1) is 12.8. The molecular weight excluding hydrogens is 255 g/mol. The monoisotopic (exact) mass is 270 g/mol. The van der Waals surface area contributed by atoms with Crippen LogP contribution in [0.5, 0.6) is 0 Å². The van der Waals surface area contributed by atoms with E-state index < -0.39 is 0 Å². The normalized spacial score (nSPS) is 12.8. The molecule has 0 aliphatic carbocycles. The highest BCUT2D eigenvalue weighted by atomic mass is 19.1. The van der Waals surface area contributed by atoms with Gasteiger partial charge in [0.2, 0.25) is 0 Å². The van der Waals surface area contributed by atoms with Crippen LogP contribution in [-0.2, 0) is 0 Å². The molecule has 2 aromatic heterocycles. The molecule has 0 bridgehead atoms. The Hall–Kier alpha value is -2.20. The summed E-state index contributed by atoms with van der Waals surface area (Å²) in [4.78, 5) is 3.89. The van der Waals surface area contributed by atoms with Crippen LogP contribution < -0.4 is 5.32 Å². The lowest BCUT2D eigenvalue weighted by Crippen LogP contribution is -2.17. The summed E-state index contributed by atoms with van der Waals surface area (Å²) in [6, 6.07) is 9.24. The van der Waals surface area contributed by atoms with Crippen molar-refractivity contribution in [2.45, 2.75) is 13.0 Å². The maximum atomic E-state index is 13.3. The molecule has 1 atom stereocenters. The van der Waals surface area contributed by atoms with Gasteiger partial charge in [0.1, 0.15) is 17.2 Å². The Labute approximate surface area is 116 Å². The van der Waals surface area contributed by atoms with Crippen LogP contribution in [0.25, 0.3) is 11.0 Å². The Kier molecular flexibility index (Phi) is 3.24. The van der Waals surface area contributed by atoms with E-state index in [4.69, 9.17) is 4.42 Å². The fourth-order valence-corrected chi connectivity index (χ4v) is 2.43. The average molecular weight is 270 g/mol. The number of furan rings is 1. The molecule has 0 aliphatic rings. The predicted molar refractivity (Wildman–Crippen MR) is 76.0 cm³/mol. The van der Waals surface area contributed by atoms with Gasteiger partial charge in [-0.1, -0.05) is 18.2 Å². The number of fused-ring (bicyclic) bond motifs is 1. The maximum absolute atomic E-state index is 13.3. The van der Waals surface area contributed by atoms with E-state index in [-0.39, 0.29) is 11.9 Å². The molecular formula is C16H15FN2O. The number of pyridine rings is 1. The van der Waals surface area contributed by atoms with Crippen molar-refractivity contribution in [3.05, 3.63) is 65.4 Å². The summed E-state index contributed by atoms with van der Waals surface area (Å²) in [5.74, 6) is 0.402. The predicted octanol–water partition coefficient (Wildman–Crippen LogP) is 3.58. The van der Waals surface area contributed by atoms with E-state index in [1.165, 1.54) is 12.3 Å². The van der Waals surface area contributed by atoms with Gasteiger partial charge in [-0.3, -0.25) is 4.98 Å². The fraction of sp³-hybridized carbons (Fsp3) is 0.188. The molecule has 3 nitrogen and oxygen atoms in total. The molecule has 0 saturated heterocycles. The van der Waals surface area contributed by atoms with E-state index in [1.807, 2.05) is 38.2 Å². The third-order valence-corrected chi connectivity index (χ3v) is 3.39. The number of aryl methyl sites for hydroxylation is 1. The maximum Gasteiger partial charge on any atom is 0.141 e. The molecule has 102 valence electrons. The standard InChI is InChI=1S/C16H15FN2O/c1-10-4-3-5-11-7-14(20-16(10)11)15(18-2)12-6-13(17)9-19-8-12/h3-9,15,18H,1-2H3. The largest absolute Gasteiger partial charge is 0.459 e. The van der Waals surface area contributed by atoms with Crippen molar-refractivity contribution in [1.82, 2.24) is 10.3 Å². The molecule has 1 unspecified atom stereocenters. The Bertz CT molecular complexity index is 751. The van der Waals surface area contributed by atoms with Gasteiger partial charge in [0.15, 0.2) is 0 Å². The molecule has 0 aliphatic heterocycles. The van der Waals surface area contributed by atoms with Gasteiger partial charge in [-0.2, -0.15) is 0 Å². The lowest BCUT2D eigenvalue weighted by Gasteiger charge is -2.13. The quantitative estimate of drug-likeness (QED) is 0.790. The summed E-state index contributed by atoms with van der Waals surface area (Å²) in [6.45, 7) is 2.01. The second-order valence-corrected chi connectivity index (χ2v) is 4.80. The van der Waals surface area contributed by atoms with Crippen molar-refractivity contribution >= 4 is 11.0 Å². The second-order valence-electron chi connectivity index (χ2n) is 4.80. The molecule has 20 heavy (non-hydrogen) atoms. The third-order valence-electron chi connectivity index (χ3n) is 3.39. The molecule has 4 heteroatoms. The molecule has 0 radical (unpaired) electrons. The molecule has 0 fully saturated rings. The molecule has 0 saturated carbocycles. The minimum absolute atomic E-state index is 0.218. The van der Waals surface area contributed by atoms with E-state index in [1.54, 1.807) is 6.20 Å². The molecule has 1 N–H and O–H groups in total. The van der Waals surface area contributed by atoms with E-state index in [0.717, 1.165) is 27.9 Å². The van der Waals surface area contributed by atoms with Crippen LogP contribution in [0.4, 0.5) is 4.39 Å². The van der Waals surface area contributed by atoms with Gasteiger partial charge in [-0.25, -0.2) is 4.39 Å². The van der Waals surface area contributed by atoms with E-state index in [2.05, 4.69) is 10.3 Å². The molecule has 1 aromatic carbocycles. The van der Waals surface area contributed by atoms with Crippen molar-refractivity contribution < 1.29 is 8.81 Å². The number of halogens is 1. The van der Waals surface area contributed by atoms with Gasteiger partial charge in [0.25, 0.3) is 0 Å². The highest BCUT2D eigenvalue weighted by Crippen LogP contribution is 2.29. The first-order valence-electron chi connectivity index (χ1n) is 6.46. The molecule has 3 aromatic rings. The number of hydrogen-bond donors (Lipinski definition) is 1. The zero-order chi connectivity index (χ0) is 14.1. The highest BCUT2D eigenvalue weighted by molar-refractivity contribution is 5.81. The summed E-state index contributed by atoms with van der Waals surface area (Å²) >= 11 is 0. The fourth-order valence-electron chi connectivity index (χ4n) is 2.43. The van der Waals surface area contributed by atoms with Crippen LogP contribution in [-0.4, -0.2) is 12.0 Å². The van der Waals surface area contributed by atoms with Crippen molar-refractivity contribution in [3.8, 4) is 0 Å². The van der Waals surface area contributed by atoms with E-state index in [0.29, 0.717) is 0 Å². The first-order chi connectivity index (χ1) is 9.69. The number of rotatable bonds is 3. The molecule has 3 rings (SSSR count). The first-order valence-corrected chi connectivity index (χ1v) is 6.46. The Balaban J connectivity index is 2.09. The van der Waals surface area contributed by atoms with E-state index >= 15 is 0 Å². The van der Waals surface area contributed by atoms with Crippen molar-refractivity contribution in [3.63, 3.8) is 0 Å². The summed E-state index contributed by atoms with van der Waals surface area (Å²) < 4.78 is 19.3. The van der Waals surface area contributed by atoms with Crippen molar-refractivity contribution in [2.75, 3.05) is 7.05 Å². The second kappa shape index (κ2) is 5.06. The van der Waals surface area contributed by atoms with Crippen molar-refractivity contribution in [2.24, 2.45) is 0 Å². The van der Waals surface area contributed by atoms with Crippen LogP contribution >= 0.6 is 0 Å². The minimum atomic E-state index is -0.352. The highest BCUT2D eigenvalue weighted by Gasteiger charge is 2.18. The molecule has 2 heterocycles. The summed E-state index contributed by atoms with van der Waals surface area (Å²) in [6.07, 6.45) is 2.84. The minimum Gasteiger partial charge on any atom is -0.459 e. The molecule has 0 amide bonds. The van der Waals surface area contributed by atoms with Gasteiger partial charge in [0.05, 0.1) is 12.2 Å². The van der Waals surface area contributed by atoms with E-state index in [9.17, 15) is 4.39 Å². The lowest BCUT2D eigenvalue weighted by atomic mass is 10.1. The zero-order valence-corrected chi connectivity index (χ0v) is 11.4. The SMILES string of the molecule is CNC(c1cncc(F)c1)c1cc2cccc(C)c2o1. The summed E-state index contributed by atoms with van der Waals surface area (Å²) in [5, 5.41) is 4.19. The van der Waals surface area contributed by atoms with Crippen molar-refractivity contribution in [1.29, 1.82) is 0 Å². The summed E-state index contributed by atoms with van der Waals surface area (Å²) in [5.41, 5.74) is 2.69. The van der Waals surface area contributed by atoms with Gasteiger partial charge < -0.3 is 9.73 Å². The number of para-hydroxylation sites is 1. The summed E-state index contributed by atoms with van der Waals surface area (Å²) in [7, 11) is 1.82. The number of nitrogens with one attached hydrogen (secondary N) is 1. The number of nitrogens with zero attached hydrogens (tertiary/aromatic N) is 1. The van der Waals surface area contributed by atoms with Crippen LogP contribution in [0.1, 0.15) is 22.9 Å². The van der Waals surface area contributed by atoms with Crippen LogP contribution in [0.2, 0.25) is 0 Å². The Morgan fingerprint density at radius 2 is 2.10 bits per heavy atom. The number of hydrogen-bond acceptors (Lipinski definition) is 3. The molecule has 0 spiro atoms. The number of aromatic nitrogens is 1. The van der Waals surface area contributed by atoms with Gasteiger partial charge in [0, 0.05) is 11.6 Å². The topological polar surface area (TPSA) is 38.1 Å². The van der Waals surface area contributed by atoms with Crippen LogP contribution in [0.3, 0.4) is 0 Å². The van der Waals surface area contributed by atoms with Crippen LogP contribution in [0.15, 0.2) is 47.1 Å². The zero-order valence-electron chi connectivity index (χ0n) is 11.4. The van der Waals surface area contributed by atoms with Gasteiger partial charge >= 0.3 is 0 Å². The van der Waals surface area contributed by atoms with Gasteiger partial charge in [-0.15, -0.1) is 0 Å². The number of benzene rings is 1. The Morgan fingerprint density at radius 3 is 2.80 bits per heavy atom. The smallest absolute Gasteiger partial charge is 0.141 e. The lowest BCUT2D eigenvalue weighted by molar-refractivity contribution is 0.487. The average Bonchev–Trinajstić information content (AvgIpc) is 2.85. The third kappa shape index (κ3) is 2.18. The Morgan fingerprint density at radius 1 is 1.25 bits per heavy atom. The van der Waals surface area contributed by atoms with Gasteiger partial charge in [-0.05, 0) is 37.2 Å².